The zero-order valence-electron chi connectivity index (χ0n) is 9.57. The summed E-state index contributed by atoms with van der Waals surface area (Å²) in [5.41, 5.74) is 0.118. The molecule has 0 bridgehead atoms. The van der Waals surface area contributed by atoms with Crippen LogP contribution in [0.15, 0.2) is 12.1 Å². The highest BCUT2D eigenvalue weighted by molar-refractivity contribution is 6.36. The van der Waals surface area contributed by atoms with Gasteiger partial charge in [0.05, 0.1) is 10.7 Å². The zero-order valence-corrected chi connectivity index (χ0v) is 10.3. The molecule has 0 radical (unpaired) electrons. The van der Waals surface area contributed by atoms with Crippen LogP contribution in [0.2, 0.25) is 5.02 Å². The number of fused-ring (bicyclic) bond motifs is 1. The van der Waals surface area contributed by atoms with Gasteiger partial charge in [0, 0.05) is 10.9 Å². The molecule has 2 aromatic rings. The summed E-state index contributed by atoms with van der Waals surface area (Å²) >= 11 is 5.87. The Labute approximate surface area is 110 Å². The number of nitrogen functional groups attached to an aromatic ring is 1. The second-order valence-corrected chi connectivity index (χ2v) is 4.26. The Hall–Kier alpha value is -1.60. The quantitative estimate of drug-likeness (QED) is 0.479. The second kappa shape index (κ2) is 4.50. The summed E-state index contributed by atoms with van der Waals surface area (Å²) in [6, 6.07) is 2.18. The van der Waals surface area contributed by atoms with Crippen LogP contribution in [-0.4, -0.2) is 4.98 Å². The van der Waals surface area contributed by atoms with E-state index in [1.807, 2.05) is 0 Å². The number of nitrogens with zero attached hydrogens (tertiary/aromatic N) is 1. The lowest BCUT2D eigenvalue weighted by Crippen LogP contribution is -2.16. The standard InChI is InChI=1S/C11H8ClF4N3/c1-4-8(19-17)7-5(12)2-3-6(13)9(7)18-10(4)11(14,15)16/h2-3H,17H2,1H3,(H,18,19). The van der Waals surface area contributed by atoms with Gasteiger partial charge in [-0.2, -0.15) is 13.2 Å². The lowest BCUT2D eigenvalue weighted by molar-refractivity contribution is -0.141. The van der Waals surface area contributed by atoms with Crippen LogP contribution in [-0.2, 0) is 6.18 Å². The van der Waals surface area contributed by atoms with Crippen molar-refractivity contribution in [1.82, 2.24) is 4.98 Å². The average Bonchev–Trinajstić information content (AvgIpc) is 2.32. The number of aromatic nitrogens is 1. The molecule has 0 fully saturated rings. The summed E-state index contributed by atoms with van der Waals surface area (Å²) in [6.07, 6.45) is -4.71. The molecule has 102 valence electrons. The predicted molar refractivity (Wildman–Crippen MR) is 64.3 cm³/mol. The van der Waals surface area contributed by atoms with Crippen molar-refractivity contribution >= 4 is 28.2 Å². The Morgan fingerprint density at radius 1 is 1.32 bits per heavy atom. The van der Waals surface area contributed by atoms with Crippen molar-refractivity contribution in [3.8, 4) is 0 Å². The summed E-state index contributed by atoms with van der Waals surface area (Å²) in [4.78, 5) is 3.34. The van der Waals surface area contributed by atoms with Gasteiger partial charge < -0.3 is 5.43 Å². The molecular formula is C11H8ClF4N3. The fraction of sp³-hybridized carbons (Fsp3) is 0.182. The van der Waals surface area contributed by atoms with E-state index in [-0.39, 0.29) is 21.7 Å². The van der Waals surface area contributed by atoms with Crippen LogP contribution in [0.1, 0.15) is 11.3 Å². The highest BCUT2D eigenvalue weighted by atomic mass is 35.5. The van der Waals surface area contributed by atoms with E-state index in [1.54, 1.807) is 0 Å². The van der Waals surface area contributed by atoms with Gasteiger partial charge in [-0.3, -0.25) is 5.84 Å². The van der Waals surface area contributed by atoms with E-state index in [0.29, 0.717) is 0 Å². The van der Waals surface area contributed by atoms with Crippen molar-refractivity contribution in [2.24, 2.45) is 5.84 Å². The number of anilines is 1. The molecule has 0 unspecified atom stereocenters. The van der Waals surface area contributed by atoms with E-state index in [9.17, 15) is 17.6 Å². The summed E-state index contributed by atoms with van der Waals surface area (Å²) in [7, 11) is 0. The minimum atomic E-state index is -4.71. The van der Waals surface area contributed by atoms with Crippen LogP contribution >= 0.6 is 11.6 Å². The molecule has 0 aliphatic rings. The molecule has 2 rings (SSSR count). The Kier molecular flexibility index (Phi) is 3.27. The molecule has 1 aromatic carbocycles. The van der Waals surface area contributed by atoms with Crippen molar-refractivity contribution in [2.75, 3.05) is 5.43 Å². The van der Waals surface area contributed by atoms with E-state index in [0.717, 1.165) is 6.07 Å². The lowest BCUT2D eigenvalue weighted by atomic mass is 10.1. The van der Waals surface area contributed by atoms with Gasteiger partial charge in [0.1, 0.15) is 17.0 Å². The molecule has 0 saturated carbocycles. The molecule has 0 saturated heterocycles. The van der Waals surface area contributed by atoms with Crippen LogP contribution in [0.25, 0.3) is 10.9 Å². The molecule has 0 spiro atoms. The first-order chi connectivity index (χ1) is 8.77. The number of rotatable bonds is 1. The number of pyridine rings is 1. The summed E-state index contributed by atoms with van der Waals surface area (Å²) in [5, 5.41) is 0.0864. The highest BCUT2D eigenvalue weighted by Gasteiger charge is 2.36. The van der Waals surface area contributed by atoms with Crippen LogP contribution in [0.4, 0.5) is 23.2 Å². The van der Waals surface area contributed by atoms with Crippen molar-refractivity contribution < 1.29 is 17.6 Å². The Morgan fingerprint density at radius 3 is 2.47 bits per heavy atom. The fourth-order valence-electron chi connectivity index (χ4n) is 1.85. The first-order valence-electron chi connectivity index (χ1n) is 5.09. The van der Waals surface area contributed by atoms with Crippen LogP contribution in [0.5, 0.6) is 0 Å². The minimum Gasteiger partial charge on any atom is -0.323 e. The fourth-order valence-corrected chi connectivity index (χ4v) is 2.09. The molecular weight excluding hydrogens is 286 g/mol. The molecule has 3 N–H and O–H groups in total. The molecule has 0 aliphatic heterocycles. The Bertz CT molecular complexity index is 655. The minimum absolute atomic E-state index is 0.0228. The first kappa shape index (κ1) is 13.8. The number of halogens is 5. The average molecular weight is 294 g/mol. The van der Waals surface area contributed by atoms with E-state index in [2.05, 4.69) is 10.4 Å². The van der Waals surface area contributed by atoms with Gasteiger partial charge in [-0.05, 0) is 19.1 Å². The second-order valence-electron chi connectivity index (χ2n) is 3.86. The molecule has 1 heterocycles. The van der Waals surface area contributed by atoms with Gasteiger partial charge in [0.15, 0.2) is 0 Å². The third kappa shape index (κ3) is 2.19. The SMILES string of the molecule is Cc1c(C(F)(F)F)nc2c(F)ccc(Cl)c2c1NN. The predicted octanol–water partition coefficient (Wildman–Crippen LogP) is 3.64. The van der Waals surface area contributed by atoms with E-state index in [4.69, 9.17) is 17.4 Å². The largest absolute Gasteiger partial charge is 0.433 e. The maximum absolute atomic E-state index is 13.6. The lowest BCUT2D eigenvalue weighted by Gasteiger charge is -2.16. The van der Waals surface area contributed by atoms with E-state index >= 15 is 0 Å². The summed E-state index contributed by atoms with van der Waals surface area (Å²) < 4.78 is 52.1. The molecule has 8 heteroatoms. The monoisotopic (exact) mass is 293 g/mol. The van der Waals surface area contributed by atoms with Crippen LogP contribution in [0, 0.1) is 12.7 Å². The number of alkyl halides is 3. The van der Waals surface area contributed by atoms with Gasteiger partial charge in [-0.25, -0.2) is 9.37 Å². The van der Waals surface area contributed by atoms with Crippen molar-refractivity contribution in [3.05, 3.63) is 34.2 Å². The van der Waals surface area contributed by atoms with Gasteiger partial charge in [-0.15, -0.1) is 0 Å². The van der Waals surface area contributed by atoms with Crippen molar-refractivity contribution in [2.45, 2.75) is 13.1 Å². The van der Waals surface area contributed by atoms with Gasteiger partial charge in [-0.1, -0.05) is 11.6 Å². The van der Waals surface area contributed by atoms with E-state index in [1.165, 1.54) is 13.0 Å². The zero-order chi connectivity index (χ0) is 14.4. The number of nitrogens with one attached hydrogen (secondary N) is 1. The smallest absolute Gasteiger partial charge is 0.323 e. The molecule has 0 amide bonds. The first-order valence-corrected chi connectivity index (χ1v) is 5.47. The molecule has 0 atom stereocenters. The summed E-state index contributed by atoms with van der Waals surface area (Å²) in [6.45, 7) is 1.19. The van der Waals surface area contributed by atoms with Gasteiger partial charge >= 0.3 is 6.18 Å². The molecule has 3 nitrogen and oxygen atoms in total. The maximum atomic E-state index is 13.6. The number of nitrogens with two attached hydrogens (primary N) is 1. The Balaban J connectivity index is 2.99. The number of hydrogen-bond donors (Lipinski definition) is 2. The number of benzene rings is 1. The topological polar surface area (TPSA) is 50.9 Å². The van der Waals surface area contributed by atoms with Crippen LogP contribution < -0.4 is 11.3 Å². The van der Waals surface area contributed by atoms with Crippen molar-refractivity contribution in [1.29, 1.82) is 0 Å². The molecule has 1 aromatic heterocycles. The molecule has 0 aliphatic carbocycles. The molecule has 19 heavy (non-hydrogen) atoms. The Morgan fingerprint density at radius 2 is 1.95 bits per heavy atom. The summed E-state index contributed by atoms with van der Waals surface area (Å²) in [5.74, 6) is 4.32. The number of hydrogen-bond acceptors (Lipinski definition) is 3. The van der Waals surface area contributed by atoms with Crippen molar-refractivity contribution in [3.63, 3.8) is 0 Å². The highest BCUT2D eigenvalue weighted by Crippen LogP contribution is 2.39. The van der Waals surface area contributed by atoms with Gasteiger partial charge in [0.25, 0.3) is 0 Å². The van der Waals surface area contributed by atoms with E-state index < -0.39 is 23.2 Å². The number of hydrazine groups is 1. The van der Waals surface area contributed by atoms with Crippen LogP contribution in [0.3, 0.4) is 0 Å². The van der Waals surface area contributed by atoms with Gasteiger partial charge in [0.2, 0.25) is 0 Å². The third-order valence-corrected chi connectivity index (χ3v) is 3.01. The third-order valence-electron chi connectivity index (χ3n) is 2.69. The normalized spacial score (nSPS) is 11.9. The maximum Gasteiger partial charge on any atom is 0.433 e.